The number of aromatic nitrogens is 4. The van der Waals surface area contributed by atoms with Crippen LogP contribution in [0, 0.1) is 0 Å². The summed E-state index contributed by atoms with van der Waals surface area (Å²) in [6, 6.07) is 14.5. The minimum Gasteiger partial charge on any atom is -0.463 e. The van der Waals surface area contributed by atoms with Crippen LogP contribution in [0.15, 0.2) is 74.9 Å². The van der Waals surface area contributed by atoms with E-state index in [1.807, 2.05) is 30.3 Å². The van der Waals surface area contributed by atoms with Crippen LogP contribution in [0.25, 0.3) is 33.1 Å². The summed E-state index contributed by atoms with van der Waals surface area (Å²) < 4.78 is 13.9. The summed E-state index contributed by atoms with van der Waals surface area (Å²) in [5.41, 5.74) is 2.31. The average molecular weight is 449 g/mol. The van der Waals surface area contributed by atoms with E-state index in [-0.39, 0.29) is 5.43 Å². The van der Waals surface area contributed by atoms with E-state index in [4.69, 9.17) is 9.15 Å². The fourth-order valence-electron chi connectivity index (χ4n) is 3.19. The highest BCUT2D eigenvalue weighted by atomic mass is 79.9. The summed E-state index contributed by atoms with van der Waals surface area (Å²) in [6.07, 6.45) is 2.89. The van der Waals surface area contributed by atoms with Crippen LogP contribution < -0.4 is 10.2 Å². The molecule has 3 heterocycles. The molecule has 29 heavy (non-hydrogen) atoms. The van der Waals surface area contributed by atoms with Gasteiger partial charge in [0.2, 0.25) is 5.88 Å². The number of rotatable bonds is 3. The van der Waals surface area contributed by atoms with Gasteiger partial charge < -0.3 is 9.15 Å². The van der Waals surface area contributed by atoms with Gasteiger partial charge in [0.15, 0.2) is 11.1 Å². The minimum atomic E-state index is -0.0940. The lowest BCUT2D eigenvalue weighted by Gasteiger charge is -2.07. The van der Waals surface area contributed by atoms with Crippen molar-refractivity contribution in [1.82, 2.24) is 19.7 Å². The Morgan fingerprint density at radius 3 is 2.76 bits per heavy atom. The first-order valence-electron chi connectivity index (χ1n) is 8.74. The molecule has 5 aromatic rings. The minimum absolute atomic E-state index is 0.0940. The van der Waals surface area contributed by atoms with Crippen molar-refractivity contribution in [2.75, 3.05) is 0 Å². The summed E-state index contributed by atoms with van der Waals surface area (Å²) in [6.45, 7) is 0. The molecule has 3 aromatic heterocycles. The molecule has 0 aliphatic rings. The molecule has 0 radical (unpaired) electrons. The Labute approximate surface area is 172 Å². The summed E-state index contributed by atoms with van der Waals surface area (Å²) in [5, 5.41) is 5.43. The highest BCUT2D eigenvalue weighted by Crippen LogP contribution is 2.32. The lowest BCUT2D eigenvalue weighted by Crippen LogP contribution is -2.04. The Bertz CT molecular complexity index is 1430. The SMILES string of the molecule is Cn1nc(Br)c2c(Oc3ccc4c(=O)c(-c5ccccc5)coc4c3)ncnc21. The van der Waals surface area contributed by atoms with Crippen LogP contribution in [0.2, 0.25) is 0 Å². The molecule has 142 valence electrons. The van der Waals surface area contributed by atoms with Crippen molar-refractivity contribution in [3.63, 3.8) is 0 Å². The zero-order chi connectivity index (χ0) is 20.0. The molecule has 0 bridgehead atoms. The van der Waals surface area contributed by atoms with Gasteiger partial charge in [-0.25, -0.2) is 14.6 Å². The molecular formula is C21H13BrN4O3. The Balaban J connectivity index is 1.57. The van der Waals surface area contributed by atoms with Crippen LogP contribution in [0.4, 0.5) is 0 Å². The van der Waals surface area contributed by atoms with E-state index in [1.54, 1.807) is 29.9 Å². The Morgan fingerprint density at radius 2 is 1.93 bits per heavy atom. The third-order valence-electron chi connectivity index (χ3n) is 4.59. The van der Waals surface area contributed by atoms with Crippen LogP contribution in [0.1, 0.15) is 0 Å². The molecule has 0 fully saturated rings. The van der Waals surface area contributed by atoms with Gasteiger partial charge in [0, 0.05) is 13.1 Å². The van der Waals surface area contributed by atoms with Gasteiger partial charge in [-0.05, 0) is 33.6 Å². The molecule has 0 unspecified atom stereocenters. The van der Waals surface area contributed by atoms with Crippen LogP contribution >= 0.6 is 15.9 Å². The molecule has 5 rings (SSSR count). The van der Waals surface area contributed by atoms with Crippen molar-refractivity contribution in [3.8, 4) is 22.8 Å². The standard InChI is InChI=1S/C21H13BrN4O3/c1-26-20-17(19(22)25-26)21(24-11-23-20)29-13-7-8-14-16(9-13)28-10-15(18(14)27)12-5-3-2-4-6-12/h2-11H,1H3. The second-order valence-corrected chi connectivity index (χ2v) is 7.15. The Hall–Kier alpha value is -3.52. The maximum Gasteiger partial charge on any atom is 0.234 e. The van der Waals surface area contributed by atoms with Crippen LogP contribution in [-0.2, 0) is 7.05 Å². The maximum absolute atomic E-state index is 12.9. The molecule has 0 spiro atoms. The fraction of sp³-hybridized carbons (Fsp3) is 0.0476. The van der Waals surface area contributed by atoms with E-state index in [0.29, 0.717) is 43.8 Å². The first-order valence-corrected chi connectivity index (χ1v) is 9.53. The zero-order valence-corrected chi connectivity index (χ0v) is 16.8. The highest BCUT2D eigenvalue weighted by Gasteiger charge is 2.16. The third kappa shape index (κ3) is 2.98. The zero-order valence-electron chi connectivity index (χ0n) is 15.2. The molecular weight excluding hydrogens is 436 g/mol. The van der Waals surface area contributed by atoms with Gasteiger partial charge in [-0.1, -0.05) is 30.3 Å². The number of hydrogen-bond donors (Lipinski definition) is 0. The van der Waals surface area contributed by atoms with Gasteiger partial charge in [0.1, 0.15) is 33.9 Å². The van der Waals surface area contributed by atoms with Crippen molar-refractivity contribution < 1.29 is 9.15 Å². The van der Waals surface area contributed by atoms with Gasteiger partial charge in [-0.15, -0.1) is 0 Å². The van der Waals surface area contributed by atoms with E-state index in [9.17, 15) is 4.79 Å². The first-order chi connectivity index (χ1) is 14.1. The molecule has 0 saturated carbocycles. The number of aryl methyl sites for hydroxylation is 1. The summed E-state index contributed by atoms with van der Waals surface area (Å²) in [7, 11) is 1.79. The quantitative estimate of drug-likeness (QED) is 0.398. The lowest BCUT2D eigenvalue weighted by molar-refractivity contribution is 0.467. The van der Waals surface area contributed by atoms with Gasteiger partial charge >= 0.3 is 0 Å². The molecule has 0 amide bonds. The number of benzene rings is 2. The van der Waals surface area contributed by atoms with Gasteiger partial charge in [-0.2, -0.15) is 5.10 Å². The molecule has 0 aliphatic heterocycles. The van der Waals surface area contributed by atoms with E-state index in [0.717, 1.165) is 5.56 Å². The van der Waals surface area contributed by atoms with Crippen molar-refractivity contribution in [1.29, 1.82) is 0 Å². The summed E-state index contributed by atoms with van der Waals surface area (Å²) >= 11 is 3.41. The summed E-state index contributed by atoms with van der Waals surface area (Å²) in [5.74, 6) is 0.849. The second kappa shape index (κ2) is 6.82. The fourth-order valence-corrected chi connectivity index (χ4v) is 3.78. The average Bonchev–Trinajstić information content (AvgIpc) is 3.03. The van der Waals surface area contributed by atoms with Crippen molar-refractivity contribution in [2.45, 2.75) is 0 Å². The molecule has 0 N–H and O–H groups in total. The van der Waals surface area contributed by atoms with Gasteiger partial charge in [0.25, 0.3) is 0 Å². The van der Waals surface area contributed by atoms with Gasteiger partial charge in [-0.3, -0.25) is 4.79 Å². The molecule has 7 nitrogen and oxygen atoms in total. The first kappa shape index (κ1) is 17.6. The smallest absolute Gasteiger partial charge is 0.234 e. The molecule has 0 atom stereocenters. The Kier molecular flexibility index (Phi) is 4.13. The maximum atomic E-state index is 12.9. The monoisotopic (exact) mass is 448 g/mol. The number of nitrogens with zero attached hydrogens (tertiary/aromatic N) is 4. The normalized spacial score (nSPS) is 11.2. The lowest BCUT2D eigenvalue weighted by atomic mass is 10.1. The van der Waals surface area contributed by atoms with Crippen molar-refractivity contribution >= 4 is 37.9 Å². The Morgan fingerprint density at radius 1 is 1.10 bits per heavy atom. The number of hydrogen-bond acceptors (Lipinski definition) is 6. The number of fused-ring (bicyclic) bond motifs is 2. The third-order valence-corrected chi connectivity index (χ3v) is 5.14. The number of ether oxygens (including phenoxy) is 1. The van der Waals surface area contributed by atoms with Crippen molar-refractivity contribution in [2.24, 2.45) is 7.05 Å². The number of halogens is 1. The second-order valence-electron chi connectivity index (χ2n) is 6.40. The molecule has 0 aliphatic carbocycles. The van der Waals surface area contributed by atoms with Crippen LogP contribution in [-0.4, -0.2) is 19.7 Å². The summed E-state index contributed by atoms with van der Waals surface area (Å²) in [4.78, 5) is 21.3. The van der Waals surface area contributed by atoms with Crippen molar-refractivity contribution in [3.05, 3.63) is 75.9 Å². The molecule has 0 saturated heterocycles. The van der Waals surface area contributed by atoms with Gasteiger partial charge in [0.05, 0.1) is 10.9 Å². The topological polar surface area (TPSA) is 83.0 Å². The van der Waals surface area contributed by atoms with E-state index < -0.39 is 0 Å². The van der Waals surface area contributed by atoms with Crippen LogP contribution in [0.3, 0.4) is 0 Å². The predicted octanol–water partition coefficient (Wildman–Crippen LogP) is 4.69. The van der Waals surface area contributed by atoms with E-state index >= 15 is 0 Å². The van der Waals surface area contributed by atoms with E-state index in [2.05, 4.69) is 31.0 Å². The molecule has 2 aromatic carbocycles. The predicted molar refractivity (Wildman–Crippen MR) is 112 cm³/mol. The highest BCUT2D eigenvalue weighted by molar-refractivity contribution is 9.10. The molecule has 8 heteroatoms. The van der Waals surface area contributed by atoms with Crippen LogP contribution in [0.5, 0.6) is 11.6 Å². The largest absolute Gasteiger partial charge is 0.463 e. The van der Waals surface area contributed by atoms with E-state index in [1.165, 1.54) is 12.6 Å².